The van der Waals surface area contributed by atoms with E-state index in [1.165, 1.54) is 14.0 Å². The second-order valence-electron chi connectivity index (χ2n) is 8.68. The van der Waals surface area contributed by atoms with Crippen LogP contribution in [0.25, 0.3) is 17.2 Å². The Morgan fingerprint density at radius 1 is 1.19 bits per heavy atom. The lowest BCUT2D eigenvalue weighted by Gasteiger charge is -2.46. The third-order valence-electron chi connectivity index (χ3n) is 6.94. The van der Waals surface area contributed by atoms with Gasteiger partial charge >= 0.3 is 5.97 Å². The van der Waals surface area contributed by atoms with Crippen LogP contribution in [0.1, 0.15) is 31.5 Å². The van der Waals surface area contributed by atoms with Crippen molar-refractivity contribution in [3.63, 3.8) is 0 Å². The number of cyclic esters (lactones) is 1. The van der Waals surface area contributed by atoms with Crippen LogP contribution in [0.3, 0.4) is 0 Å². The number of carbonyl (C=O) groups excluding carboxylic acids is 1. The molecule has 5 atom stereocenters. The third-order valence-corrected chi connectivity index (χ3v) is 6.94. The fraction of sp³-hybridized carbons (Fsp3) is 0.440. The summed E-state index contributed by atoms with van der Waals surface area (Å²) in [6, 6.07) is 11.9. The number of ether oxygens (including phenoxy) is 2. The van der Waals surface area contributed by atoms with Gasteiger partial charge in [-0.1, -0.05) is 43.3 Å². The minimum absolute atomic E-state index is 0.484. The molecule has 1 saturated carbocycles. The zero-order chi connectivity index (χ0) is 22.4. The van der Waals surface area contributed by atoms with Gasteiger partial charge in [0.05, 0.1) is 12.1 Å². The van der Waals surface area contributed by atoms with Gasteiger partial charge in [0, 0.05) is 30.7 Å². The van der Waals surface area contributed by atoms with E-state index in [1.807, 2.05) is 43.3 Å². The molecule has 1 aromatic carbocycles. The van der Waals surface area contributed by atoms with Crippen molar-refractivity contribution in [2.24, 2.45) is 17.8 Å². The summed E-state index contributed by atoms with van der Waals surface area (Å²) in [6.45, 7) is 5.32. The van der Waals surface area contributed by atoms with Crippen LogP contribution in [0.2, 0.25) is 0 Å². The second kappa shape index (κ2) is 7.83. The number of carbonyl (C=O) groups is 1. The van der Waals surface area contributed by atoms with Crippen molar-refractivity contribution < 1.29 is 23.0 Å². The highest BCUT2D eigenvalue weighted by atomic mass is 19.3. The summed E-state index contributed by atoms with van der Waals surface area (Å²) in [5, 5.41) is 0. The van der Waals surface area contributed by atoms with Gasteiger partial charge in [0.2, 0.25) is 0 Å². The van der Waals surface area contributed by atoms with Crippen LogP contribution in [0.5, 0.6) is 0 Å². The van der Waals surface area contributed by atoms with E-state index in [4.69, 9.17) is 9.47 Å². The number of hydrogen-bond donors (Lipinski definition) is 0. The predicted molar refractivity (Wildman–Crippen MR) is 114 cm³/mol. The molecule has 0 radical (unpaired) electrons. The molecule has 0 unspecified atom stereocenters. The van der Waals surface area contributed by atoms with Gasteiger partial charge in [0.25, 0.3) is 5.92 Å². The molecule has 164 valence electrons. The highest BCUT2D eigenvalue weighted by Crippen LogP contribution is 2.56. The molecule has 2 fully saturated rings. The number of methoxy groups -OCH3 is 1. The summed E-state index contributed by atoms with van der Waals surface area (Å²) in [7, 11) is 1.31. The highest BCUT2D eigenvalue weighted by Gasteiger charge is 2.68. The zero-order valence-corrected chi connectivity index (χ0v) is 18.1. The lowest BCUT2D eigenvalue weighted by atomic mass is 9.62. The fourth-order valence-corrected chi connectivity index (χ4v) is 5.12. The van der Waals surface area contributed by atoms with Crippen molar-refractivity contribution in [2.45, 2.75) is 44.8 Å². The molecule has 0 N–H and O–H groups in total. The van der Waals surface area contributed by atoms with Gasteiger partial charge in [-0.3, -0.25) is 4.98 Å². The van der Waals surface area contributed by atoms with Crippen LogP contribution in [0, 0.1) is 24.7 Å². The number of aromatic nitrogens is 1. The maximum absolute atomic E-state index is 14.9. The van der Waals surface area contributed by atoms with Gasteiger partial charge in [-0.15, -0.1) is 0 Å². The lowest BCUT2D eigenvalue weighted by molar-refractivity contribution is -0.201. The Balaban J connectivity index is 1.64. The Hall–Kier alpha value is -2.60. The Morgan fingerprint density at radius 3 is 2.58 bits per heavy atom. The Labute approximate surface area is 181 Å². The van der Waals surface area contributed by atoms with Crippen LogP contribution in [-0.2, 0) is 14.3 Å². The number of pyridine rings is 1. The van der Waals surface area contributed by atoms with Crippen molar-refractivity contribution in [1.29, 1.82) is 0 Å². The van der Waals surface area contributed by atoms with E-state index in [2.05, 4.69) is 4.98 Å². The highest BCUT2D eigenvalue weighted by molar-refractivity contribution is 5.83. The van der Waals surface area contributed by atoms with Crippen LogP contribution >= 0.6 is 0 Å². The van der Waals surface area contributed by atoms with Crippen LogP contribution in [0.4, 0.5) is 8.78 Å². The largest absolute Gasteiger partial charge is 0.460 e. The van der Waals surface area contributed by atoms with E-state index in [9.17, 15) is 13.6 Å². The summed E-state index contributed by atoms with van der Waals surface area (Å²) < 4.78 is 40.5. The van der Waals surface area contributed by atoms with Gasteiger partial charge in [0.15, 0.2) is 5.60 Å². The number of aryl methyl sites for hydroxylation is 1. The molecule has 2 heterocycles. The molecule has 0 bridgehead atoms. The summed E-state index contributed by atoms with van der Waals surface area (Å²) in [5.41, 5.74) is 2.30. The minimum Gasteiger partial charge on any atom is -0.460 e. The number of alkyl halides is 2. The number of hydrogen-bond acceptors (Lipinski definition) is 4. The number of nitrogens with zero attached hydrogens (tertiary/aromatic N) is 1. The van der Waals surface area contributed by atoms with Crippen molar-refractivity contribution in [2.75, 3.05) is 7.11 Å². The van der Waals surface area contributed by atoms with Crippen molar-refractivity contribution in [3.8, 4) is 11.1 Å². The monoisotopic (exact) mass is 427 g/mol. The van der Waals surface area contributed by atoms with Crippen LogP contribution in [-0.4, -0.2) is 35.7 Å². The predicted octanol–water partition coefficient (Wildman–Crippen LogP) is 5.31. The quantitative estimate of drug-likeness (QED) is 0.621. The molecular weight excluding hydrogens is 400 g/mol. The Morgan fingerprint density at radius 2 is 1.94 bits per heavy atom. The number of benzene rings is 1. The topological polar surface area (TPSA) is 48.4 Å². The molecule has 2 aliphatic rings. The van der Waals surface area contributed by atoms with E-state index in [0.717, 1.165) is 16.7 Å². The fourth-order valence-electron chi connectivity index (χ4n) is 5.12. The second-order valence-corrected chi connectivity index (χ2v) is 8.68. The van der Waals surface area contributed by atoms with Gasteiger partial charge in [-0.05, 0) is 43.0 Å². The van der Waals surface area contributed by atoms with E-state index < -0.39 is 47.8 Å². The summed E-state index contributed by atoms with van der Waals surface area (Å²) in [4.78, 5) is 17.0. The number of rotatable bonds is 4. The zero-order valence-electron chi connectivity index (χ0n) is 18.1. The van der Waals surface area contributed by atoms with Crippen LogP contribution in [0.15, 0.2) is 48.7 Å². The normalized spacial score (nSPS) is 32.1. The maximum atomic E-state index is 14.9. The Bertz CT molecular complexity index is 1000. The van der Waals surface area contributed by atoms with Crippen LogP contribution < -0.4 is 0 Å². The SMILES string of the molecule is CO[C@@]12CC(F)(F)[C@@H](C)[C@H](/C=C/c3ccc(-c4ccccc4C)cn3)[C@@H]1[C@@H](C)OC2=O. The van der Waals surface area contributed by atoms with E-state index >= 15 is 0 Å². The first kappa shape index (κ1) is 21.6. The molecule has 1 aliphatic carbocycles. The number of allylic oxidation sites excluding steroid dienone is 1. The molecule has 1 aliphatic heterocycles. The minimum atomic E-state index is -3.05. The van der Waals surface area contributed by atoms with Gasteiger partial charge in [-0.25, -0.2) is 13.6 Å². The van der Waals surface area contributed by atoms with Crippen molar-refractivity contribution >= 4 is 12.0 Å². The van der Waals surface area contributed by atoms with E-state index in [1.54, 1.807) is 25.3 Å². The van der Waals surface area contributed by atoms with E-state index in [-0.39, 0.29) is 0 Å². The average Bonchev–Trinajstić information content (AvgIpc) is 2.98. The van der Waals surface area contributed by atoms with Gasteiger partial charge in [0.1, 0.15) is 6.10 Å². The summed E-state index contributed by atoms with van der Waals surface area (Å²) in [5.74, 6) is -5.78. The molecule has 1 aromatic heterocycles. The third kappa shape index (κ3) is 3.57. The first-order chi connectivity index (χ1) is 14.7. The van der Waals surface area contributed by atoms with Gasteiger partial charge < -0.3 is 9.47 Å². The van der Waals surface area contributed by atoms with Crippen molar-refractivity contribution in [1.82, 2.24) is 4.98 Å². The number of fused-ring (bicyclic) bond motifs is 1. The summed E-state index contributed by atoms with van der Waals surface area (Å²) >= 11 is 0. The lowest BCUT2D eigenvalue weighted by Crippen LogP contribution is -2.58. The van der Waals surface area contributed by atoms with Gasteiger partial charge in [-0.2, -0.15) is 0 Å². The molecule has 4 nitrogen and oxygen atoms in total. The molecule has 0 amide bonds. The molecule has 0 spiro atoms. The first-order valence-electron chi connectivity index (χ1n) is 10.5. The standard InChI is InChI=1S/C25H27F2NO3/c1-15-7-5-6-8-20(15)18-9-10-19(28-13-18)11-12-21-16(2)25(26,27)14-24(30-4)22(21)17(3)31-23(24)29/h5-13,16-17,21-22H,14H2,1-4H3/b12-11+/t16-,17+,21-,22-,24-/m0/s1. The summed E-state index contributed by atoms with van der Waals surface area (Å²) in [6.07, 6.45) is 4.12. The smallest absolute Gasteiger partial charge is 0.339 e. The van der Waals surface area contributed by atoms with Crippen molar-refractivity contribution in [3.05, 3.63) is 59.9 Å². The Kier molecular flexibility index (Phi) is 5.46. The molecule has 2 aromatic rings. The maximum Gasteiger partial charge on any atom is 0.339 e. The number of esters is 1. The molecular formula is C25H27F2NO3. The number of halogens is 2. The average molecular weight is 427 g/mol. The molecule has 1 saturated heterocycles. The van der Waals surface area contributed by atoms with E-state index in [0.29, 0.717) is 5.69 Å². The molecule has 31 heavy (non-hydrogen) atoms. The molecule has 6 heteroatoms. The molecule has 4 rings (SSSR count). The first-order valence-corrected chi connectivity index (χ1v) is 10.5.